The minimum Gasteiger partial charge on any atom is -0.495 e. The highest BCUT2D eigenvalue weighted by atomic mass is 35.5. The van der Waals surface area contributed by atoms with Crippen LogP contribution in [0.15, 0.2) is 30.0 Å². The summed E-state index contributed by atoms with van der Waals surface area (Å²) in [5.41, 5.74) is 0.286. The second-order valence-corrected chi connectivity index (χ2v) is 4.59. The maximum absolute atomic E-state index is 12.1. The van der Waals surface area contributed by atoms with E-state index in [0.29, 0.717) is 23.0 Å². The predicted molar refractivity (Wildman–Crippen MR) is 80.0 cm³/mol. The molecule has 1 aromatic carbocycles. The van der Waals surface area contributed by atoms with E-state index >= 15 is 0 Å². The van der Waals surface area contributed by atoms with Gasteiger partial charge in [0.2, 0.25) is 0 Å². The average molecular weight is 310 g/mol. The third-order valence-electron chi connectivity index (χ3n) is 2.58. The Morgan fingerprint density at radius 2 is 2.33 bits per heavy atom. The highest BCUT2D eigenvalue weighted by molar-refractivity contribution is 6.31. The van der Waals surface area contributed by atoms with E-state index in [2.05, 4.69) is 5.32 Å². The van der Waals surface area contributed by atoms with E-state index in [1.165, 1.54) is 19.4 Å². The van der Waals surface area contributed by atoms with Gasteiger partial charge < -0.3 is 20.1 Å². The van der Waals surface area contributed by atoms with Crippen molar-refractivity contribution < 1.29 is 14.6 Å². The molecular weight excluding hydrogens is 294 g/mol. The van der Waals surface area contributed by atoms with E-state index in [0.717, 1.165) is 0 Å². The minimum atomic E-state index is -0.581. The molecule has 0 fully saturated rings. The van der Waals surface area contributed by atoms with Crippen LogP contribution in [0.2, 0.25) is 5.02 Å². The molecule has 1 rings (SSSR count). The highest BCUT2D eigenvalue weighted by Crippen LogP contribution is 2.27. The zero-order valence-corrected chi connectivity index (χ0v) is 12.5. The molecule has 1 aromatic rings. The molecule has 7 heteroatoms. The topological polar surface area (TPSA) is 85.6 Å². The lowest BCUT2D eigenvalue weighted by molar-refractivity contribution is -0.112. The molecule has 0 saturated heterocycles. The molecule has 0 atom stereocenters. The number of carbonyl (C=O) groups is 1. The van der Waals surface area contributed by atoms with E-state index in [1.54, 1.807) is 24.1 Å². The highest BCUT2D eigenvalue weighted by Gasteiger charge is 2.13. The van der Waals surface area contributed by atoms with Crippen LogP contribution in [0.1, 0.15) is 0 Å². The van der Waals surface area contributed by atoms with E-state index in [9.17, 15) is 4.79 Å². The lowest BCUT2D eigenvalue weighted by atomic mass is 10.2. The second-order valence-electron chi connectivity index (χ2n) is 4.16. The fourth-order valence-corrected chi connectivity index (χ4v) is 1.72. The van der Waals surface area contributed by atoms with Gasteiger partial charge in [-0.1, -0.05) is 11.6 Å². The number of carbonyl (C=O) groups excluding carboxylic acids is 1. The van der Waals surface area contributed by atoms with Crippen LogP contribution in [-0.4, -0.2) is 43.2 Å². The number of benzene rings is 1. The molecule has 1 amide bonds. The fraction of sp³-hybridized carbons (Fsp3) is 0.286. The first-order valence-electron chi connectivity index (χ1n) is 6.09. The number of methoxy groups -OCH3 is 1. The van der Waals surface area contributed by atoms with Gasteiger partial charge >= 0.3 is 0 Å². The van der Waals surface area contributed by atoms with Gasteiger partial charge in [0.1, 0.15) is 17.4 Å². The van der Waals surface area contributed by atoms with Gasteiger partial charge in [-0.25, -0.2) is 0 Å². The van der Waals surface area contributed by atoms with Crippen LogP contribution in [0.5, 0.6) is 5.75 Å². The van der Waals surface area contributed by atoms with Gasteiger partial charge in [-0.3, -0.25) is 4.79 Å². The standard InChI is InChI=1S/C14H16ClN3O3/c1-18(5-6-19)9-10(8-16)14(20)17-12-7-11(15)3-4-13(12)21-2/h3-4,7,9,19H,5-6H2,1-2H3,(H,17,20)/b10-9-. The number of aliphatic hydroxyl groups excluding tert-OH is 1. The maximum Gasteiger partial charge on any atom is 0.267 e. The van der Waals surface area contributed by atoms with Gasteiger partial charge in [0.25, 0.3) is 5.91 Å². The molecule has 0 aliphatic heterocycles. The molecule has 0 aromatic heterocycles. The minimum absolute atomic E-state index is 0.0740. The van der Waals surface area contributed by atoms with Crippen LogP contribution >= 0.6 is 11.6 Å². The molecule has 2 N–H and O–H groups in total. The summed E-state index contributed by atoms with van der Waals surface area (Å²) in [6.45, 7) is 0.244. The Hall–Kier alpha value is -2.23. The molecule has 0 saturated carbocycles. The van der Waals surface area contributed by atoms with E-state index in [1.807, 2.05) is 6.07 Å². The van der Waals surface area contributed by atoms with Crippen LogP contribution < -0.4 is 10.1 Å². The molecule has 0 spiro atoms. The van der Waals surface area contributed by atoms with Crippen molar-refractivity contribution in [1.82, 2.24) is 4.90 Å². The molecule has 0 heterocycles. The van der Waals surface area contributed by atoms with Gasteiger partial charge in [0.05, 0.1) is 19.4 Å². The predicted octanol–water partition coefficient (Wildman–Crippen LogP) is 1.62. The van der Waals surface area contributed by atoms with Gasteiger partial charge in [0.15, 0.2) is 0 Å². The van der Waals surface area contributed by atoms with Crippen molar-refractivity contribution in [3.63, 3.8) is 0 Å². The molecule has 21 heavy (non-hydrogen) atoms. The van der Waals surface area contributed by atoms with Crippen LogP contribution in [0.3, 0.4) is 0 Å². The monoisotopic (exact) mass is 309 g/mol. The summed E-state index contributed by atoms with van der Waals surface area (Å²) in [4.78, 5) is 13.6. The number of nitrogens with one attached hydrogen (secondary N) is 1. The molecule has 0 bridgehead atoms. The number of amides is 1. The third-order valence-corrected chi connectivity index (χ3v) is 2.81. The van der Waals surface area contributed by atoms with Gasteiger partial charge in [-0.2, -0.15) is 5.26 Å². The smallest absolute Gasteiger partial charge is 0.267 e. The summed E-state index contributed by atoms with van der Waals surface area (Å²) < 4.78 is 5.12. The Labute approximate surface area is 128 Å². The summed E-state index contributed by atoms with van der Waals surface area (Å²) >= 11 is 5.87. The van der Waals surface area contributed by atoms with Gasteiger partial charge in [-0.15, -0.1) is 0 Å². The van der Waals surface area contributed by atoms with Crippen molar-refractivity contribution in [2.75, 3.05) is 32.6 Å². The molecule has 0 aliphatic carbocycles. The van der Waals surface area contributed by atoms with Crippen LogP contribution in [0.25, 0.3) is 0 Å². The SMILES string of the molecule is COc1ccc(Cl)cc1NC(=O)/C(C#N)=C\N(C)CCO. The molecule has 112 valence electrons. The van der Waals surface area contributed by atoms with Gasteiger partial charge in [-0.05, 0) is 18.2 Å². The van der Waals surface area contributed by atoms with Crippen LogP contribution in [-0.2, 0) is 4.79 Å². The quantitative estimate of drug-likeness (QED) is 0.616. The number of nitriles is 1. The van der Waals surface area contributed by atoms with Crippen molar-refractivity contribution >= 4 is 23.2 Å². The molecule has 6 nitrogen and oxygen atoms in total. The Balaban J connectivity index is 2.94. The van der Waals surface area contributed by atoms with E-state index in [-0.39, 0.29) is 12.2 Å². The van der Waals surface area contributed by atoms with Crippen LogP contribution in [0, 0.1) is 11.3 Å². The number of anilines is 1. The number of nitrogens with zero attached hydrogens (tertiary/aromatic N) is 2. The number of likely N-dealkylation sites (N-methyl/N-ethyl adjacent to an activating group) is 1. The van der Waals surface area contributed by atoms with Crippen molar-refractivity contribution in [3.8, 4) is 11.8 Å². The Morgan fingerprint density at radius 1 is 1.62 bits per heavy atom. The molecule has 0 aliphatic rings. The Morgan fingerprint density at radius 3 is 2.90 bits per heavy atom. The third kappa shape index (κ3) is 4.99. The average Bonchev–Trinajstić information content (AvgIpc) is 2.45. The number of ether oxygens (including phenoxy) is 1. The largest absolute Gasteiger partial charge is 0.495 e. The molecular formula is C14H16ClN3O3. The normalized spacial score (nSPS) is 10.7. The number of hydrogen-bond donors (Lipinski definition) is 2. The molecule has 0 unspecified atom stereocenters. The Kier molecular flexibility index (Phi) is 6.53. The van der Waals surface area contributed by atoms with E-state index < -0.39 is 5.91 Å². The summed E-state index contributed by atoms with van der Waals surface area (Å²) in [5, 5.41) is 20.9. The Bertz CT molecular complexity index is 581. The number of hydrogen-bond acceptors (Lipinski definition) is 5. The first kappa shape index (κ1) is 16.8. The van der Waals surface area contributed by atoms with Crippen molar-refractivity contribution in [3.05, 3.63) is 35.0 Å². The van der Waals surface area contributed by atoms with Crippen molar-refractivity contribution in [1.29, 1.82) is 5.26 Å². The fourth-order valence-electron chi connectivity index (χ4n) is 1.55. The first-order valence-corrected chi connectivity index (χ1v) is 6.47. The zero-order valence-electron chi connectivity index (χ0n) is 11.8. The number of aliphatic hydroxyl groups is 1. The van der Waals surface area contributed by atoms with E-state index in [4.69, 9.17) is 26.7 Å². The van der Waals surface area contributed by atoms with Crippen molar-refractivity contribution in [2.45, 2.75) is 0 Å². The first-order chi connectivity index (χ1) is 10.0. The summed E-state index contributed by atoms with van der Waals surface area (Å²) in [7, 11) is 3.12. The number of rotatable bonds is 6. The maximum atomic E-state index is 12.1. The van der Waals surface area contributed by atoms with Crippen molar-refractivity contribution in [2.24, 2.45) is 0 Å². The summed E-state index contributed by atoms with van der Waals surface area (Å²) in [6.07, 6.45) is 1.36. The van der Waals surface area contributed by atoms with Crippen LogP contribution in [0.4, 0.5) is 5.69 Å². The molecule has 0 radical (unpaired) electrons. The zero-order chi connectivity index (χ0) is 15.8. The second kappa shape index (κ2) is 8.15. The lowest BCUT2D eigenvalue weighted by Crippen LogP contribution is -2.20. The summed E-state index contributed by atoms with van der Waals surface area (Å²) in [5.74, 6) is -0.142. The number of halogens is 1. The van der Waals surface area contributed by atoms with Gasteiger partial charge in [0, 0.05) is 24.8 Å². The summed E-state index contributed by atoms with van der Waals surface area (Å²) in [6, 6.07) is 6.60. The lowest BCUT2D eigenvalue weighted by Gasteiger charge is -2.13.